The topological polar surface area (TPSA) is 26.0 Å². The van der Waals surface area contributed by atoms with Gasteiger partial charge in [0.1, 0.15) is 11.5 Å². The lowest BCUT2D eigenvalue weighted by Crippen LogP contribution is -1.73. The van der Waals surface area contributed by atoms with Crippen LogP contribution in [0.1, 0.15) is 24.3 Å². The number of nitrogens with zero attached hydrogens (tertiary/aromatic N) is 1. The molecule has 0 radical (unpaired) electrons. The van der Waals surface area contributed by atoms with E-state index in [-0.39, 0.29) is 0 Å². The summed E-state index contributed by atoms with van der Waals surface area (Å²) in [7, 11) is 0. The third kappa shape index (κ3) is 1.26. The molecule has 54 valence electrons. The van der Waals surface area contributed by atoms with Gasteiger partial charge in [0.15, 0.2) is 5.89 Å². The molecule has 0 spiro atoms. The Kier molecular flexibility index (Phi) is 1.90. The minimum absolute atomic E-state index is 0.727. The summed E-state index contributed by atoms with van der Waals surface area (Å²) >= 11 is 0. The van der Waals surface area contributed by atoms with Crippen LogP contribution in [0.4, 0.5) is 0 Å². The number of allylic oxidation sites excluding steroid dienone is 1. The van der Waals surface area contributed by atoms with E-state index in [1.807, 2.05) is 32.9 Å². The van der Waals surface area contributed by atoms with Crippen molar-refractivity contribution in [3.05, 3.63) is 23.4 Å². The predicted molar refractivity (Wildman–Crippen MR) is 40.7 cm³/mol. The Morgan fingerprint density at radius 1 is 1.40 bits per heavy atom. The van der Waals surface area contributed by atoms with Crippen LogP contribution in [0.3, 0.4) is 0 Å². The Hall–Kier alpha value is -1.05. The molecule has 0 aliphatic carbocycles. The molecule has 0 bridgehead atoms. The Morgan fingerprint density at radius 3 is 2.50 bits per heavy atom. The molecule has 0 N–H and O–H groups in total. The van der Waals surface area contributed by atoms with Crippen molar-refractivity contribution in [2.45, 2.75) is 20.8 Å². The summed E-state index contributed by atoms with van der Waals surface area (Å²) in [5, 5.41) is 0. The van der Waals surface area contributed by atoms with Gasteiger partial charge in [0, 0.05) is 6.92 Å². The summed E-state index contributed by atoms with van der Waals surface area (Å²) in [6, 6.07) is 0. The van der Waals surface area contributed by atoms with Gasteiger partial charge in [0.25, 0.3) is 0 Å². The summed E-state index contributed by atoms with van der Waals surface area (Å²) in [6.45, 7) is 5.72. The molecular formula is C8H11NO. The SMILES string of the molecule is CC=Cc1nc(C)oc1C. The van der Waals surface area contributed by atoms with Crippen LogP contribution in [-0.2, 0) is 0 Å². The van der Waals surface area contributed by atoms with Crippen molar-refractivity contribution in [1.82, 2.24) is 4.98 Å². The fourth-order valence-corrected chi connectivity index (χ4v) is 0.858. The van der Waals surface area contributed by atoms with Crippen molar-refractivity contribution in [3.63, 3.8) is 0 Å². The second kappa shape index (κ2) is 2.69. The van der Waals surface area contributed by atoms with E-state index in [4.69, 9.17) is 4.42 Å². The summed E-state index contributed by atoms with van der Waals surface area (Å²) in [5.41, 5.74) is 0.931. The van der Waals surface area contributed by atoms with Crippen molar-refractivity contribution in [3.8, 4) is 0 Å². The van der Waals surface area contributed by atoms with Gasteiger partial charge in [-0.3, -0.25) is 0 Å². The van der Waals surface area contributed by atoms with Crippen LogP contribution in [0.15, 0.2) is 10.5 Å². The quantitative estimate of drug-likeness (QED) is 0.593. The van der Waals surface area contributed by atoms with E-state index in [1.54, 1.807) is 0 Å². The summed E-state index contributed by atoms with van der Waals surface area (Å²) in [4.78, 5) is 4.15. The van der Waals surface area contributed by atoms with Crippen LogP contribution in [0.25, 0.3) is 6.08 Å². The average Bonchev–Trinajstić information content (AvgIpc) is 2.13. The van der Waals surface area contributed by atoms with E-state index in [1.165, 1.54) is 0 Å². The van der Waals surface area contributed by atoms with Crippen LogP contribution in [0, 0.1) is 13.8 Å². The van der Waals surface area contributed by atoms with Gasteiger partial charge in [-0.1, -0.05) is 6.08 Å². The molecule has 1 aromatic heterocycles. The average molecular weight is 137 g/mol. The maximum absolute atomic E-state index is 5.20. The van der Waals surface area contributed by atoms with E-state index in [9.17, 15) is 0 Å². The number of hydrogen-bond donors (Lipinski definition) is 0. The van der Waals surface area contributed by atoms with Crippen LogP contribution >= 0.6 is 0 Å². The second-order valence-corrected chi connectivity index (χ2v) is 2.17. The zero-order valence-electron chi connectivity index (χ0n) is 6.51. The zero-order chi connectivity index (χ0) is 7.56. The van der Waals surface area contributed by atoms with Gasteiger partial charge in [-0.05, 0) is 19.9 Å². The Morgan fingerprint density at radius 2 is 2.10 bits per heavy atom. The van der Waals surface area contributed by atoms with Gasteiger partial charge in [-0.25, -0.2) is 4.98 Å². The first kappa shape index (κ1) is 7.06. The largest absolute Gasteiger partial charge is 0.446 e. The molecule has 2 nitrogen and oxygen atoms in total. The van der Waals surface area contributed by atoms with Crippen LogP contribution in [-0.4, -0.2) is 4.98 Å². The first-order valence-electron chi connectivity index (χ1n) is 3.30. The molecule has 0 aromatic carbocycles. The number of hydrogen-bond acceptors (Lipinski definition) is 2. The minimum atomic E-state index is 0.727. The lowest BCUT2D eigenvalue weighted by atomic mass is 10.3. The number of rotatable bonds is 1. The first-order valence-corrected chi connectivity index (χ1v) is 3.30. The standard InChI is InChI=1S/C8H11NO/c1-4-5-8-6(2)10-7(3)9-8/h4-5H,1-3H3. The summed E-state index contributed by atoms with van der Waals surface area (Å²) < 4.78 is 5.20. The smallest absolute Gasteiger partial charge is 0.191 e. The Labute approximate surface area is 60.6 Å². The van der Waals surface area contributed by atoms with Gasteiger partial charge >= 0.3 is 0 Å². The van der Waals surface area contributed by atoms with Gasteiger partial charge in [-0.2, -0.15) is 0 Å². The van der Waals surface area contributed by atoms with E-state index in [0.717, 1.165) is 17.3 Å². The van der Waals surface area contributed by atoms with Crippen molar-refractivity contribution in [2.24, 2.45) is 0 Å². The first-order chi connectivity index (χ1) is 4.74. The molecule has 0 fully saturated rings. The monoisotopic (exact) mass is 137 g/mol. The van der Waals surface area contributed by atoms with Gasteiger partial charge in [0.2, 0.25) is 0 Å². The molecule has 1 rings (SSSR count). The Bertz CT molecular complexity index is 248. The molecule has 0 atom stereocenters. The zero-order valence-corrected chi connectivity index (χ0v) is 6.51. The molecule has 0 aliphatic rings. The van der Waals surface area contributed by atoms with Crippen LogP contribution in [0.5, 0.6) is 0 Å². The van der Waals surface area contributed by atoms with Crippen LogP contribution in [0.2, 0.25) is 0 Å². The second-order valence-electron chi connectivity index (χ2n) is 2.17. The highest BCUT2D eigenvalue weighted by atomic mass is 16.4. The van der Waals surface area contributed by atoms with Crippen molar-refractivity contribution >= 4 is 6.08 Å². The predicted octanol–water partition coefficient (Wildman–Crippen LogP) is 2.32. The molecular weight excluding hydrogens is 126 g/mol. The molecule has 0 amide bonds. The molecule has 10 heavy (non-hydrogen) atoms. The minimum Gasteiger partial charge on any atom is -0.446 e. The van der Waals surface area contributed by atoms with Crippen molar-refractivity contribution in [2.75, 3.05) is 0 Å². The van der Waals surface area contributed by atoms with Crippen molar-refractivity contribution < 1.29 is 4.42 Å². The maximum atomic E-state index is 5.20. The highest BCUT2D eigenvalue weighted by Crippen LogP contribution is 2.09. The molecule has 2 heteroatoms. The maximum Gasteiger partial charge on any atom is 0.191 e. The van der Waals surface area contributed by atoms with E-state index >= 15 is 0 Å². The molecule has 0 saturated carbocycles. The van der Waals surface area contributed by atoms with E-state index in [2.05, 4.69) is 4.98 Å². The van der Waals surface area contributed by atoms with E-state index < -0.39 is 0 Å². The number of aryl methyl sites for hydroxylation is 2. The van der Waals surface area contributed by atoms with Gasteiger partial charge in [0.05, 0.1) is 0 Å². The lowest BCUT2D eigenvalue weighted by Gasteiger charge is -1.81. The van der Waals surface area contributed by atoms with Crippen LogP contribution < -0.4 is 0 Å². The number of oxazole rings is 1. The van der Waals surface area contributed by atoms with E-state index in [0.29, 0.717) is 0 Å². The van der Waals surface area contributed by atoms with Gasteiger partial charge in [-0.15, -0.1) is 0 Å². The normalized spacial score (nSPS) is 11.1. The Balaban J connectivity index is 3.03. The molecule has 1 aromatic rings. The summed E-state index contributed by atoms with van der Waals surface area (Å²) in [5.74, 6) is 1.61. The molecule has 0 saturated heterocycles. The number of aromatic nitrogens is 1. The molecule has 0 unspecified atom stereocenters. The molecule has 1 heterocycles. The fourth-order valence-electron chi connectivity index (χ4n) is 0.858. The van der Waals surface area contributed by atoms with Crippen molar-refractivity contribution in [1.29, 1.82) is 0 Å². The molecule has 0 aliphatic heterocycles. The lowest BCUT2D eigenvalue weighted by molar-refractivity contribution is 0.494. The highest BCUT2D eigenvalue weighted by Gasteiger charge is 2.00. The van der Waals surface area contributed by atoms with Gasteiger partial charge < -0.3 is 4.42 Å². The fraction of sp³-hybridized carbons (Fsp3) is 0.375. The third-order valence-corrected chi connectivity index (χ3v) is 1.26. The highest BCUT2D eigenvalue weighted by molar-refractivity contribution is 5.45. The third-order valence-electron chi connectivity index (χ3n) is 1.26. The summed E-state index contributed by atoms with van der Waals surface area (Å²) in [6.07, 6.45) is 3.89.